The molecule has 1 fully saturated rings. The van der Waals surface area contributed by atoms with Crippen molar-refractivity contribution in [1.82, 2.24) is 14.5 Å². The molecule has 1 saturated heterocycles. The Morgan fingerprint density at radius 1 is 1.19 bits per heavy atom. The highest BCUT2D eigenvalue weighted by Gasteiger charge is 2.36. The number of hydrogen-bond donors (Lipinski definition) is 1. The van der Waals surface area contributed by atoms with E-state index in [0.717, 1.165) is 13.0 Å². The molecule has 8 heteroatoms. The minimum atomic E-state index is -0.408. The maximum atomic E-state index is 12.8. The van der Waals surface area contributed by atoms with Crippen LogP contribution in [0.3, 0.4) is 0 Å². The van der Waals surface area contributed by atoms with Crippen LogP contribution in [0.5, 0.6) is 0 Å². The van der Waals surface area contributed by atoms with Crippen LogP contribution in [-0.2, 0) is 16.1 Å². The molecule has 164 valence electrons. The van der Waals surface area contributed by atoms with E-state index in [2.05, 4.69) is 28.9 Å². The first kappa shape index (κ1) is 21.5. The zero-order valence-electron chi connectivity index (χ0n) is 17.8. The second-order valence-electron chi connectivity index (χ2n) is 7.94. The maximum Gasteiger partial charge on any atom is 0.328 e. The predicted molar refractivity (Wildman–Crippen MR) is 122 cm³/mol. The molecule has 3 aromatic rings. The lowest BCUT2D eigenvalue weighted by molar-refractivity contribution is -0.150. The number of para-hydroxylation sites is 1. The van der Waals surface area contributed by atoms with Gasteiger partial charge in [0.25, 0.3) is 5.56 Å². The highest BCUT2D eigenvalue weighted by atomic mass is 32.1. The number of rotatable bonds is 6. The van der Waals surface area contributed by atoms with Gasteiger partial charge >= 0.3 is 11.7 Å². The van der Waals surface area contributed by atoms with Gasteiger partial charge in [-0.25, -0.2) is 4.79 Å². The Kier molecular flexibility index (Phi) is 6.38. The molecule has 0 aliphatic carbocycles. The first-order valence-corrected chi connectivity index (χ1v) is 11.5. The molecule has 2 aromatic heterocycles. The molecule has 0 bridgehead atoms. The van der Waals surface area contributed by atoms with Crippen molar-refractivity contribution in [2.45, 2.75) is 32.7 Å². The summed E-state index contributed by atoms with van der Waals surface area (Å²) in [5, 5.41) is 0.498. The summed E-state index contributed by atoms with van der Waals surface area (Å²) in [5.74, 6) is -0.289. The van der Waals surface area contributed by atoms with Gasteiger partial charge < -0.3 is 14.6 Å². The van der Waals surface area contributed by atoms with Gasteiger partial charge in [-0.05, 0) is 51.1 Å². The van der Waals surface area contributed by atoms with E-state index in [0.29, 0.717) is 30.6 Å². The Bertz CT molecular complexity index is 1200. The van der Waals surface area contributed by atoms with Gasteiger partial charge in [0.15, 0.2) is 0 Å². The van der Waals surface area contributed by atoms with Crippen molar-refractivity contribution in [2.24, 2.45) is 5.92 Å². The van der Waals surface area contributed by atoms with Crippen molar-refractivity contribution in [1.29, 1.82) is 0 Å². The zero-order chi connectivity index (χ0) is 22.0. The van der Waals surface area contributed by atoms with Gasteiger partial charge in [-0.2, -0.15) is 0 Å². The Morgan fingerprint density at radius 3 is 2.74 bits per heavy atom. The zero-order valence-corrected chi connectivity index (χ0v) is 18.6. The van der Waals surface area contributed by atoms with Gasteiger partial charge in [-0.15, -0.1) is 11.3 Å². The van der Waals surface area contributed by atoms with Crippen molar-refractivity contribution < 1.29 is 9.53 Å². The molecular weight excluding hydrogens is 414 g/mol. The Morgan fingerprint density at radius 2 is 2.00 bits per heavy atom. The molecule has 1 N–H and O–H groups in total. The molecule has 2 atom stereocenters. The number of aromatic amines is 1. The van der Waals surface area contributed by atoms with Crippen LogP contribution in [0.15, 0.2) is 46.0 Å². The van der Waals surface area contributed by atoms with E-state index < -0.39 is 5.69 Å². The number of ether oxygens (including phenoxy) is 1. The molecule has 4 rings (SSSR count). The van der Waals surface area contributed by atoms with Crippen molar-refractivity contribution in [3.8, 4) is 0 Å². The summed E-state index contributed by atoms with van der Waals surface area (Å²) in [6, 6.07) is 11.2. The number of nitrogens with one attached hydrogen (secondary N) is 1. The molecular formula is C23H27N3O4S. The number of carbonyl (C=O) groups excluding carboxylic acids is 1. The van der Waals surface area contributed by atoms with E-state index in [1.165, 1.54) is 14.3 Å². The van der Waals surface area contributed by atoms with Crippen LogP contribution in [0.2, 0.25) is 0 Å². The SMILES string of the molecule is CCOC(=O)C1CN(CCn2c(=O)[nH]c3ccccc3c2=O)CCC1c1ccc(C)s1. The lowest BCUT2D eigenvalue weighted by atomic mass is 9.84. The van der Waals surface area contributed by atoms with Crippen molar-refractivity contribution >= 4 is 28.2 Å². The smallest absolute Gasteiger partial charge is 0.328 e. The Hall–Kier alpha value is -2.71. The minimum absolute atomic E-state index is 0.140. The number of fused-ring (bicyclic) bond motifs is 1. The van der Waals surface area contributed by atoms with Crippen LogP contribution >= 0.6 is 11.3 Å². The topological polar surface area (TPSA) is 84.4 Å². The van der Waals surface area contributed by atoms with E-state index in [1.54, 1.807) is 35.6 Å². The molecule has 3 heterocycles. The number of thiophene rings is 1. The number of nitrogens with zero attached hydrogens (tertiary/aromatic N) is 2. The minimum Gasteiger partial charge on any atom is -0.466 e. The average molecular weight is 442 g/mol. The summed E-state index contributed by atoms with van der Waals surface area (Å²) in [5.41, 5.74) is -0.150. The number of carbonyl (C=O) groups is 1. The summed E-state index contributed by atoms with van der Waals surface area (Å²) < 4.78 is 6.61. The molecule has 7 nitrogen and oxygen atoms in total. The van der Waals surface area contributed by atoms with Gasteiger partial charge in [0.05, 0.1) is 23.4 Å². The van der Waals surface area contributed by atoms with Gasteiger partial charge in [-0.1, -0.05) is 12.1 Å². The normalized spacial score (nSPS) is 19.5. The number of aryl methyl sites for hydroxylation is 1. The van der Waals surface area contributed by atoms with Crippen LogP contribution in [0.1, 0.15) is 29.0 Å². The van der Waals surface area contributed by atoms with Gasteiger partial charge in [0.1, 0.15) is 0 Å². The molecule has 2 unspecified atom stereocenters. The van der Waals surface area contributed by atoms with E-state index >= 15 is 0 Å². The predicted octanol–water partition coefficient (Wildman–Crippen LogP) is 2.73. The first-order chi connectivity index (χ1) is 15.0. The number of likely N-dealkylation sites (tertiary alicyclic amines) is 1. The molecule has 0 radical (unpaired) electrons. The summed E-state index contributed by atoms with van der Waals surface area (Å²) in [6.45, 7) is 6.40. The fourth-order valence-corrected chi connectivity index (χ4v) is 5.42. The molecule has 1 aliphatic rings. The molecule has 0 amide bonds. The van der Waals surface area contributed by atoms with Crippen LogP contribution in [0.4, 0.5) is 0 Å². The molecule has 31 heavy (non-hydrogen) atoms. The van der Waals surface area contributed by atoms with E-state index in [9.17, 15) is 14.4 Å². The third kappa shape index (κ3) is 4.50. The van der Waals surface area contributed by atoms with Crippen LogP contribution in [0.25, 0.3) is 10.9 Å². The molecule has 1 aromatic carbocycles. The Labute approximate surface area is 184 Å². The van der Waals surface area contributed by atoms with E-state index in [1.807, 2.05) is 6.92 Å². The number of esters is 1. The summed E-state index contributed by atoms with van der Waals surface area (Å²) in [7, 11) is 0. The highest BCUT2D eigenvalue weighted by molar-refractivity contribution is 7.12. The number of benzene rings is 1. The summed E-state index contributed by atoms with van der Waals surface area (Å²) in [4.78, 5) is 45.3. The van der Waals surface area contributed by atoms with Crippen LogP contribution in [-0.4, -0.2) is 46.7 Å². The fraction of sp³-hybridized carbons (Fsp3) is 0.435. The third-order valence-corrected chi connectivity index (χ3v) is 7.07. The number of hydrogen-bond acceptors (Lipinski definition) is 6. The summed E-state index contributed by atoms with van der Waals surface area (Å²) in [6.07, 6.45) is 0.840. The third-order valence-electron chi connectivity index (χ3n) is 5.94. The maximum absolute atomic E-state index is 12.8. The number of aromatic nitrogens is 2. The summed E-state index contributed by atoms with van der Waals surface area (Å²) >= 11 is 1.73. The van der Waals surface area contributed by atoms with Gasteiger partial charge in [0.2, 0.25) is 0 Å². The average Bonchev–Trinajstić information content (AvgIpc) is 3.19. The van der Waals surface area contributed by atoms with Crippen molar-refractivity contribution in [3.63, 3.8) is 0 Å². The lowest BCUT2D eigenvalue weighted by Gasteiger charge is -2.37. The van der Waals surface area contributed by atoms with Crippen molar-refractivity contribution in [3.05, 3.63) is 67.0 Å². The van der Waals surface area contributed by atoms with E-state index in [-0.39, 0.29) is 29.9 Å². The van der Waals surface area contributed by atoms with Gasteiger partial charge in [0, 0.05) is 35.3 Å². The Balaban J connectivity index is 1.51. The largest absolute Gasteiger partial charge is 0.466 e. The number of piperidine rings is 1. The molecule has 1 aliphatic heterocycles. The quantitative estimate of drug-likeness (QED) is 0.595. The fourth-order valence-electron chi connectivity index (χ4n) is 4.35. The van der Waals surface area contributed by atoms with Crippen LogP contribution in [0, 0.1) is 12.8 Å². The van der Waals surface area contributed by atoms with Gasteiger partial charge in [-0.3, -0.25) is 14.2 Å². The molecule has 0 spiro atoms. The molecule has 0 saturated carbocycles. The monoisotopic (exact) mass is 441 g/mol. The lowest BCUT2D eigenvalue weighted by Crippen LogP contribution is -2.46. The first-order valence-electron chi connectivity index (χ1n) is 10.6. The highest BCUT2D eigenvalue weighted by Crippen LogP contribution is 2.37. The number of H-pyrrole nitrogens is 1. The standard InChI is InChI=1S/C23H27N3O4S/c1-3-30-22(28)18-14-25(11-10-16(18)20-9-8-15(2)31-20)12-13-26-21(27)17-6-4-5-7-19(17)24-23(26)29/h4-9,16,18H,3,10-14H2,1-2H3,(H,24,29). The second-order valence-corrected chi connectivity index (χ2v) is 9.25. The van der Waals surface area contributed by atoms with E-state index in [4.69, 9.17) is 4.74 Å². The second kappa shape index (κ2) is 9.20. The van der Waals surface area contributed by atoms with Crippen LogP contribution < -0.4 is 11.2 Å². The van der Waals surface area contributed by atoms with Crippen molar-refractivity contribution in [2.75, 3.05) is 26.2 Å².